The molecular formula is C8H5ClN2O. The average molecular weight is 181 g/mol. The lowest BCUT2D eigenvalue weighted by atomic mass is 10.2. The number of fused-ring (bicyclic) bond motifs is 1. The molecule has 0 radical (unpaired) electrons. The molecule has 60 valence electrons. The average Bonchev–Trinajstić information content (AvgIpc) is 2.07. The van der Waals surface area contributed by atoms with Gasteiger partial charge in [0.1, 0.15) is 0 Å². The minimum Gasteiger partial charge on any atom is -0.289 e. The molecule has 0 N–H and O–H groups in total. The van der Waals surface area contributed by atoms with E-state index in [0.717, 1.165) is 0 Å². The molecule has 0 amide bonds. The molecule has 12 heavy (non-hydrogen) atoms. The van der Waals surface area contributed by atoms with Gasteiger partial charge in [-0.25, -0.2) is 9.07 Å². The fraction of sp³-hybridized carbons (Fsp3) is 0. The largest absolute Gasteiger partial charge is 0.289 e. The number of nitrogens with zero attached hydrogens (tertiary/aromatic N) is 2. The maximum absolute atomic E-state index is 11.2. The van der Waals surface area contributed by atoms with Crippen LogP contribution in [0.4, 0.5) is 0 Å². The van der Waals surface area contributed by atoms with Crippen molar-refractivity contribution in [2.45, 2.75) is 0 Å². The van der Waals surface area contributed by atoms with Crippen LogP contribution in [0, 0.1) is 0 Å². The molecular weight excluding hydrogens is 176 g/mol. The smallest absolute Gasteiger partial charge is 0.191 e. The molecule has 2 aliphatic rings. The van der Waals surface area contributed by atoms with E-state index in [1.165, 1.54) is 16.3 Å². The maximum atomic E-state index is 11.2. The van der Waals surface area contributed by atoms with Crippen molar-refractivity contribution in [3.63, 3.8) is 0 Å². The summed E-state index contributed by atoms with van der Waals surface area (Å²) >= 11 is 5.74. The zero-order valence-electron chi connectivity index (χ0n) is 6.07. The molecule has 0 saturated carbocycles. The third-order valence-electron chi connectivity index (χ3n) is 1.61. The molecule has 0 bridgehead atoms. The second kappa shape index (κ2) is 2.60. The van der Waals surface area contributed by atoms with Gasteiger partial charge in [-0.2, -0.15) is 0 Å². The van der Waals surface area contributed by atoms with Crippen molar-refractivity contribution in [3.8, 4) is 11.4 Å². The van der Waals surface area contributed by atoms with Crippen LogP contribution >= 0.6 is 11.8 Å². The predicted molar refractivity (Wildman–Crippen MR) is 46.4 cm³/mol. The van der Waals surface area contributed by atoms with Gasteiger partial charge >= 0.3 is 0 Å². The van der Waals surface area contributed by atoms with Crippen molar-refractivity contribution >= 4 is 11.8 Å². The Balaban J connectivity index is 2.91. The molecule has 4 heteroatoms. The molecule has 0 spiro atoms. The predicted octanol–water partition coefficient (Wildman–Crippen LogP) is 1.35. The van der Waals surface area contributed by atoms with Gasteiger partial charge in [-0.15, -0.1) is 0 Å². The number of halogens is 1. The first-order chi connectivity index (χ1) is 5.79. The van der Waals surface area contributed by atoms with Gasteiger partial charge in [-0.3, -0.25) is 4.79 Å². The lowest BCUT2D eigenvalue weighted by molar-refractivity contribution is 1.10. The lowest BCUT2D eigenvalue weighted by Gasteiger charge is -2.04. The van der Waals surface area contributed by atoms with Gasteiger partial charge in [-0.1, -0.05) is 0 Å². The molecule has 0 aromatic rings. The Labute approximate surface area is 73.7 Å². The van der Waals surface area contributed by atoms with Crippen LogP contribution in [0.2, 0.25) is 0 Å². The first-order valence-electron chi connectivity index (χ1n) is 3.41. The molecule has 0 aliphatic carbocycles. The Morgan fingerprint density at radius 3 is 3.00 bits per heavy atom. The van der Waals surface area contributed by atoms with E-state index in [9.17, 15) is 4.79 Å². The van der Waals surface area contributed by atoms with Crippen LogP contribution in [-0.4, -0.2) is 9.07 Å². The van der Waals surface area contributed by atoms with Crippen LogP contribution in [0.5, 0.6) is 0 Å². The maximum Gasteiger partial charge on any atom is 0.191 e. The third-order valence-corrected chi connectivity index (χ3v) is 1.88. The summed E-state index contributed by atoms with van der Waals surface area (Å²) in [6.07, 6.45) is 3.08. The van der Waals surface area contributed by atoms with Crippen molar-refractivity contribution in [1.29, 1.82) is 0 Å². The summed E-state index contributed by atoms with van der Waals surface area (Å²) in [5.41, 5.74) is 0.477. The fourth-order valence-electron chi connectivity index (χ4n) is 1.06. The van der Waals surface area contributed by atoms with Gasteiger partial charge < -0.3 is 0 Å². The summed E-state index contributed by atoms with van der Waals surface area (Å²) in [7, 11) is 0. The van der Waals surface area contributed by atoms with Crippen LogP contribution in [0.3, 0.4) is 0 Å². The Bertz CT molecular complexity index is 438. The molecule has 2 rings (SSSR count). The standard InChI is InChI=1S/C8H5ClN2O/c9-11-5-1-2-6-7(12)3-4-10-8(6)11/h1-5H. The van der Waals surface area contributed by atoms with Crippen LogP contribution in [0.1, 0.15) is 0 Å². The summed E-state index contributed by atoms with van der Waals surface area (Å²) in [5.74, 6) is 0.492. The summed E-state index contributed by atoms with van der Waals surface area (Å²) in [5, 5.41) is 0. The monoisotopic (exact) mass is 180 g/mol. The van der Waals surface area contributed by atoms with Gasteiger partial charge in [0, 0.05) is 30.2 Å². The van der Waals surface area contributed by atoms with Crippen LogP contribution < -0.4 is 5.43 Å². The van der Waals surface area contributed by atoms with E-state index in [0.29, 0.717) is 11.4 Å². The highest BCUT2D eigenvalue weighted by atomic mass is 35.5. The van der Waals surface area contributed by atoms with Gasteiger partial charge in [-0.05, 0) is 12.1 Å². The number of hydrogen-bond donors (Lipinski definition) is 0. The second-order valence-electron chi connectivity index (χ2n) is 2.37. The molecule has 0 aromatic carbocycles. The molecule has 2 heterocycles. The SMILES string of the molecule is O=c1ccnc2n(Cl)cccc1-2. The second-order valence-corrected chi connectivity index (χ2v) is 2.73. The van der Waals surface area contributed by atoms with E-state index in [1.54, 1.807) is 18.3 Å². The normalized spacial score (nSPS) is 10.4. The molecule has 0 fully saturated rings. The minimum absolute atomic E-state index is 0.0602. The van der Waals surface area contributed by atoms with Gasteiger partial charge in [0.25, 0.3) is 0 Å². The molecule has 0 saturated heterocycles. The van der Waals surface area contributed by atoms with Crippen LogP contribution in [0.15, 0.2) is 35.4 Å². The first-order valence-corrected chi connectivity index (χ1v) is 3.75. The lowest BCUT2D eigenvalue weighted by Crippen LogP contribution is -2.08. The van der Waals surface area contributed by atoms with E-state index in [2.05, 4.69) is 4.98 Å². The topological polar surface area (TPSA) is 34.9 Å². The van der Waals surface area contributed by atoms with E-state index in [1.807, 2.05) is 0 Å². The van der Waals surface area contributed by atoms with Gasteiger partial charge in [0.15, 0.2) is 11.3 Å². The number of rotatable bonds is 0. The zero-order valence-corrected chi connectivity index (χ0v) is 6.82. The molecule has 0 aromatic heterocycles. The van der Waals surface area contributed by atoms with Crippen LogP contribution in [-0.2, 0) is 0 Å². The highest BCUT2D eigenvalue weighted by molar-refractivity contribution is 6.16. The van der Waals surface area contributed by atoms with Crippen LogP contribution in [0.25, 0.3) is 11.4 Å². The molecule has 2 aliphatic heterocycles. The Hall–Kier alpha value is -1.35. The highest BCUT2D eigenvalue weighted by Crippen LogP contribution is 2.14. The summed E-state index contributed by atoms with van der Waals surface area (Å²) in [4.78, 5) is 15.2. The third kappa shape index (κ3) is 0.987. The zero-order chi connectivity index (χ0) is 8.55. The Morgan fingerprint density at radius 1 is 1.42 bits per heavy atom. The molecule has 3 nitrogen and oxygen atoms in total. The molecule has 0 atom stereocenters. The number of hydrogen-bond acceptors (Lipinski definition) is 2. The first kappa shape index (κ1) is 7.31. The van der Waals surface area contributed by atoms with E-state index >= 15 is 0 Å². The van der Waals surface area contributed by atoms with E-state index in [4.69, 9.17) is 11.8 Å². The van der Waals surface area contributed by atoms with E-state index in [-0.39, 0.29) is 5.43 Å². The van der Waals surface area contributed by atoms with E-state index < -0.39 is 0 Å². The quantitative estimate of drug-likeness (QED) is 0.614. The molecule has 0 unspecified atom stereocenters. The van der Waals surface area contributed by atoms with Gasteiger partial charge in [0.2, 0.25) is 0 Å². The summed E-state index contributed by atoms with van der Waals surface area (Å²) in [6.45, 7) is 0. The van der Waals surface area contributed by atoms with Crippen molar-refractivity contribution in [1.82, 2.24) is 9.07 Å². The highest BCUT2D eigenvalue weighted by Gasteiger charge is 2.07. The Morgan fingerprint density at radius 2 is 2.25 bits per heavy atom. The van der Waals surface area contributed by atoms with Crippen molar-refractivity contribution in [2.24, 2.45) is 0 Å². The Kier molecular flexibility index (Phi) is 1.59. The van der Waals surface area contributed by atoms with Gasteiger partial charge in [0.05, 0.1) is 5.56 Å². The summed E-state index contributed by atoms with van der Waals surface area (Å²) < 4.78 is 1.30. The fourth-order valence-corrected chi connectivity index (χ4v) is 1.26. The van der Waals surface area contributed by atoms with Crippen molar-refractivity contribution in [3.05, 3.63) is 40.8 Å². The van der Waals surface area contributed by atoms with Crippen molar-refractivity contribution in [2.75, 3.05) is 0 Å². The minimum atomic E-state index is -0.0602. The number of pyridine rings is 2. The summed E-state index contributed by atoms with van der Waals surface area (Å²) in [6, 6.07) is 4.82. The van der Waals surface area contributed by atoms with Crippen molar-refractivity contribution < 1.29 is 0 Å². The number of aromatic nitrogens is 2.